The first kappa shape index (κ1) is 19.0. The van der Waals surface area contributed by atoms with Gasteiger partial charge in [-0.05, 0) is 38.1 Å². The molecule has 3 rings (SSSR count). The second kappa shape index (κ2) is 8.75. The van der Waals surface area contributed by atoms with Gasteiger partial charge in [-0.2, -0.15) is 5.10 Å². The minimum atomic E-state index is -0.0980. The molecule has 1 fully saturated rings. The van der Waals surface area contributed by atoms with Crippen molar-refractivity contribution in [3.8, 4) is 11.5 Å². The molecule has 0 amide bonds. The summed E-state index contributed by atoms with van der Waals surface area (Å²) in [5, 5.41) is 13.4. The van der Waals surface area contributed by atoms with Crippen LogP contribution in [0.5, 0.6) is 11.5 Å². The Morgan fingerprint density at radius 3 is 3.08 bits per heavy atom. The van der Waals surface area contributed by atoms with Crippen molar-refractivity contribution in [1.29, 1.82) is 0 Å². The second-order valence-electron chi connectivity index (χ2n) is 7.16. The van der Waals surface area contributed by atoms with Crippen molar-refractivity contribution in [2.45, 2.75) is 38.6 Å². The van der Waals surface area contributed by atoms with Crippen LogP contribution in [0.15, 0.2) is 17.2 Å². The number of ether oxygens (including phenoxy) is 1. The van der Waals surface area contributed by atoms with Crippen molar-refractivity contribution >= 4 is 13.1 Å². The fourth-order valence-corrected chi connectivity index (χ4v) is 3.42. The Balaban J connectivity index is 1.50. The number of aliphatic hydroxyl groups is 1. The van der Waals surface area contributed by atoms with Gasteiger partial charge in [0.1, 0.15) is 17.6 Å². The molecule has 2 aliphatic heterocycles. The Morgan fingerprint density at radius 1 is 1.54 bits per heavy atom. The topological polar surface area (TPSA) is 92.3 Å². The summed E-state index contributed by atoms with van der Waals surface area (Å²) in [6.45, 7) is 7.27. The maximum absolute atomic E-state index is 9.43. The largest absolute Gasteiger partial charge is 0.561 e. The molecule has 7 nitrogen and oxygen atoms in total. The van der Waals surface area contributed by atoms with Gasteiger partial charge in [0.05, 0.1) is 12.6 Å². The van der Waals surface area contributed by atoms with Crippen LogP contribution >= 0.6 is 0 Å². The van der Waals surface area contributed by atoms with E-state index in [1.807, 2.05) is 0 Å². The Morgan fingerprint density at radius 2 is 2.35 bits per heavy atom. The summed E-state index contributed by atoms with van der Waals surface area (Å²) in [6, 6.07) is 4.09. The zero-order valence-electron chi connectivity index (χ0n) is 15.6. The number of nitrogens with two attached hydrogens (primary N) is 1. The normalized spacial score (nSPS) is 19.0. The summed E-state index contributed by atoms with van der Waals surface area (Å²) in [4.78, 5) is 2.24. The lowest BCUT2D eigenvalue weighted by Crippen LogP contribution is -2.57. The fraction of sp³-hybridized carbons (Fsp3) is 0.611. The molecular weight excluding hydrogens is 331 g/mol. The summed E-state index contributed by atoms with van der Waals surface area (Å²) < 4.78 is 12.2. The zero-order chi connectivity index (χ0) is 18.5. The summed E-state index contributed by atoms with van der Waals surface area (Å²) in [5.41, 5.74) is 10.7. The summed E-state index contributed by atoms with van der Waals surface area (Å²) in [7, 11) is 0. The molecule has 1 aromatic rings. The SMILES string of the molecule is CB1CCc2ccc(OC3CN(CC(CO)N/N=C\CN)C3)c(C)c2O1. The van der Waals surface area contributed by atoms with Gasteiger partial charge in [0, 0.05) is 38.0 Å². The first-order chi connectivity index (χ1) is 12.6. The standard InChI is InChI=1S/C18H29BN4O3/c1-13-17(4-3-14-5-6-19(2)26-18(13)14)25-16-10-23(11-16)9-15(12-24)22-21-8-7-20/h3-4,8,15-16,22,24H,5-7,9-12,20H2,1-2H3/b21-8-. The number of hydrogen-bond donors (Lipinski definition) is 3. The summed E-state index contributed by atoms with van der Waals surface area (Å²) in [5.74, 6) is 1.91. The smallest absolute Gasteiger partial charge is 0.354 e. The number of hydrazone groups is 1. The average molecular weight is 360 g/mol. The number of nitrogens with one attached hydrogen (secondary N) is 1. The molecule has 0 aliphatic carbocycles. The van der Waals surface area contributed by atoms with E-state index in [0.717, 1.165) is 49.4 Å². The molecule has 142 valence electrons. The average Bonchev–Trinajstić information content (AvgIpc) is 2.61. The number of aryl methyl sites for hydroxylation is 1. The van der Waals surface area contributed by atoms with Crippen molar-refractivity contribution in [3.63, 3.8) is 0 Å². The fourth-order valence-electron chi connectivity index (χ4n) is 3.42. The van der Waals surface area contributed by atoms with Gasteiger partial charge in [-0.25, -0.2) is 0 Å². The van der Waals surface area contributed by atoms with Gasteiger partial charge in [0.2, 0.25) is 0 Å². The molecule has 2 aliphatic rings. The van der Waals surface area contributed by atoms with Crippen molar-refractivity contribution in [2.75, 3.05) is 32.8 Å². The van der Waals surface area contributed by atoms with E-state index in [1.165, 1.54) is 5.56 Å². The third-order valence-corrected chi connectivity index (χ3v) is 4.95. The number of aliphatic hydroxyl groups excluding tert-OH is 1. The van der Waals surface area contributed by atoms with Gasteiger partial charge in [-0.15, -0.1) is 0 Å². The zero-order valence-corrected chi connectivity index (χ0v) is 15.6. The van der Waals surface area contributed by atoms with Gasteiger partial charge in [0.25, 0.3) is 0 Å². The van der Waals surface area contributed by atoms with Crippen LogP contribution in [0.4, 0.5) is 0 Å². The number of hydrogen-bond acceptors (Lipinski definition) is 7. The molecule has 2 heterocycles. The number of fused-ring (bicyclic) bond motifs is 1. The van der Waals surface area contributed by atoms with E-state index in [2.05, 4.69) is 41.3 Å². The quantitative estimate of drug-likeness (QED) is 0.355. The lowest BCUT2D eigenvalue weighted by molar-refractivity contribution is 0.00937. The van der Waals surface area contributed by atoms with Gasteiger partial charge in [-0.1, -0.05) is 6.07 Å². The van der Waals surface area contributed by atoms with E-state index < -0.39 is 0 Å². The van der Waals surface area contributed by atoms with Crippen LogP contribution in [0.3, 0.4) is 0 Å². The molecule has 26 heavy (non-hydrogen) atoms. The van der Waals surface area contributed by atoms with Crippen LogP contribution in [0.2, 0.25) is 13.1 Å². The third kappa shape index (κ3) is 4.49. The van der Waals surface area contributed by atoms with Crippen LogP contribution in [0, 0.1) is 6.92 Å². The number of rotatable bonds is 8. The van der Waals surface area contributed by atoms with Crippen molar-refractivity contribution < 1.29 is 14.5 Å². The predicted octanol–water partition coefficient (Wildman–Crippen LogP) is 0.509. The highest BCUT2D eigenvalue weighted by Crippen LogP contribution is 2.36. The van der Waals surface area contributed by atoms with Crippen LogP contribution in [-0.2, 0) is 6.42 Å². The Kier molecular flexibility index (Phi) is 6.40. The molecule has 0 spiro atoms. The van der Waals surface area contributed by atoms with E-state index in [0.29, 0.717) is 6.54 Å². The maximum Gasteiger partial charge on any atom is 0.354 e. The molecule has 0 radical (unpaired) electrons. The van der Waals surface area contributed by atoms with Gasteiger partial charge < -0.3 is 25.7 Å². The Bertz CT molecular complexity index is 637. The van der Waals surface area contributed by atoms with Crippen LogP contribution in [0.1, 0.15) is 11.1 Å². The van der Waals surface area contributed by atoms with E-state index >= 15 is 0 Å². The van der Waals surface area contributed by atoms with Crippen LogP contribution in [-0.4, -0.2) is 68.1 Å². The molecular formula is C18H29BN4O3. The van der Waals surface area contributed by atoms with Gasteiger partial charge in [0.15, 0.2) is 0 Å². The highest BCUT2D eigenvalue weighted by atomic mass is 16.5. The second-order valence-corrected chi connectivity index (χ2v) is 7.16. The predicted molar refractivity (Wildman–Crippen MR) is 104 cm³/mol. The van der Waals surface area contributed by atoms with Crippen molar-refractivity contribution in [1.82, 2.24) is 10.3 Å². The molecule has 1 unspecified atom stereocenters. The molecule has 0 saturated carbocycles. The van der Waals surface area contributed by atoms with Gasteiger partial charge in [-0.3, -0.25) is 4.90 Å². The maximum atomic E-state index is 9.43. The monoisotopic (exact) mass is 360 g/mol. The van der Waals surface area contributed by atoms with E-state index in [4.69, 9.17) is 15.1 Å². The number of likely N-dealkylation sites (tertiary alicyclic amines) is 1. The molecule has 0 aromatic heterocycles. The molecule has 1 aromatic carbocycles. The van der Waals surface area contributed by atoms with Crippen LogP contribution < -0.4 is 20.6 Å². The molecule has 0 bridgehead atoms. The van der Waals surface area contributed by atoms with Crippen LogP contribution in [0.25, 0.3) is 0 Å². The van der Waals surface area contributed by atoms with Crippen molar-refractivity contribution in [2.24, 2.45) is 10.8 Å². The molecule has 1 saturated heterocycles. The molecule has 1 atom stereocenters. The van der Waals surface area contributed by atoms with E-state index in [1.54, 1.807) is 6.21 Å². The first-order valence-corrected chi connectivity index (χ1v) is 9.36. The summed E-state index contributed by atoms with van der Waals surface area (Å²) >= 11 is 0. The third-order valence-electron chi connectivity index (χ3n) is 4.95. The minimum Gasteiger partial charge on any atom is -0.561 e. The Hall–Kier alpha value is -1.77. The molecule has 8 heteroatoms. The number of nitrogens with zero attached hydrogens (tertiary/aromatic N) is 2. The lowest BCUT2D eigenvalue weighted by atomic mass is 9.64. The Labute approximate surface area is 155 Å². The lowest BCUT2D eigenvalue weighted by Gasteiger charge is -2.40. The highest BCUT2D eigenvalue weighted by molar-refractivity contribution is 6.51. The summed E-state index contributed by atoms with van der Waals surface area (Å²) in [6.07, 6.45) is 3.89. The minimum absolute atomic E-state index is 0.0311. The number of benzene rings is 1. The first-order valence-electron chi connectivity index (χ1n) is 9.36. The highest BCUT2D eigenvalue weighted by Gasteiger charge is 2.31. The molecule has 4 N–H and O–H groups in total. The van der Waals surface area contributed by atoms with E-state index in [-0.39, 0.29) is 25.7 Å². The van der Waals surface area contributed by atoms with E-state index in [9.17, 15) is 5.11 Å². The van der Waals surface area contributed by atoms with Gasteiger partial charge >= 0.3 is 6.92 Å². The van der Waals surface area contributed by atoms with Crippen molar-refractivity contribution in [3.05, 3.63) is 23.3 Å².